The molecule has 0 aromatic carbocycles. The zero-order chi connectivity index (χ0) is 10.4. The third-order valence-corrected chi connectivity index (χ3v) is 1.36. The molecule has 0 atom stereocenters. The molecule has 0 bridgehead atoms. The number of aliphatic hydroxyl groups is 1. The van der Waals surface area contributed by atoms with Gasteiger partial charge in [-0.05, 0) is 0 Å². The van der Waals surface area contributed by atoms with Gasteiger partial charge in [0.25, 0.3) is 0 Å². The Bertz CT molecular complexity index is 279. The van der Waals surface area contributed by atoms with Gasteiger partial charge < -0.3 is 0 Å². The van der Waals surface area contributed by atoms with Crippen molar-refractivity contribution in [3.8, 4) is 0 Å². The summed E-state index contributed by atoms with van der Waals surface area (Å²) >= 11 is 0. The van der Waals surface area contributed by atoms with Gasteiger partial charge in [-0.3, -0.25) is 0 Å². The summed E-state index contributed by atoms with van der Waals surface area (Å²) in [4.78, 5) is 0. The number of rotatable bonds is 4. The van der Waals surface area contributed by atoms with Gasteiger partial charge in [-0.15, -0.1) is 0 Å². The van der Waals surface area contributed by atoms with Crippen LogP contribution in [0.15, 0.2) is 35.7 Å². The maximum absolute atomic E-state index is 12.9. The predicted molar refractivity (Wildman–Crippen MR) is 52.2 cm³/mol. The average Bonchev–Trinajstić information content (AvgIpc) is 2.11. The van der Waals surface area contributed by atoms with Crippen LogP contribution in [-0.2, 0) is 0 Å². The van der Waals surface area contributed by atoms with E-state index in [-0.39, 0.29) is 5.57 Å². The van der Waals surface area contributed by atoms with Crippen molar-refractivity contribution in [2.45, 2.75) is 6.92 Å². The van der Waals surface area contributed by atoms with Crippen LogP contribution < -0.4 is 0 Å². The summed E-state index contributed by atoms with van der Waals surface area (Å²) in [7, 11) is 3.10. The second kappa shape index (κ2) is 5.46. The molecule has 0 fully saturated rings. The molecule has 0 saturated heterocycles. The van der Waals surface area contributed by atoms with Gasteiger partial charge in [-0.2, -0.15) is 0 Å². The van der Waals surface area contributed by atoms with E-state index in [2.05, 4.69) is 14.1 Å². The van der Waals surface area contributed by atoms with E-state index in [0.717, 1.165) is 6.08 Å². The molecule has 1 nitrogen and oxygen atoms in total. The Balaban J connectivity index is 4.51. The van der Waals surface area contributed by atoms with Crippen molar-refractivity contribution < 1.29 is 13.9 Å². The third kappa shape index (κ3) is 4.40. The molecule has 0 rings (SSSR count). The zero-order valence-corrected chi connectivity index (χ0v) is 7.48. The predicted octanol–water partition coefficient (Wildman–Crippen LogP) is 1.72. The van der Waals surface area contributed by atoms with E-state index < -0.39 is 18.2 Å². The quantitative estimate of drug-likeness (QED) is 0.520. The van der Waals surface area contributed by atoms with Gasteiger partial charge in [0, 0.05) is 0 Å². The van der Waals surface area contributed by atoms with Gasteiger partial charge in [-0.1, -0.05) is 0 Å². The zero-order valence-electron chi connectivity index (χ0n) is 7.48. The van der Waals surface area contributed by atoms with Crippen LogP contribution in [0.3, 0.4) is 0 Å². The van der Waals surface area contributed by atoms with Crippen molar-refractivity contribution in [3.05, 3.63) is 35.7 Å². The molecule has 0 heterocycles. The Morgan fingerprint density at radius 3 is 2.46 bits per heavy atom. The molecular formula is C9H11BF2O. The number of allylic oxidation sites excluding steroid dienone is 3. The van der Waals surface area contributed by atoms with Crippen molar-refractivity contribution in [3.63, 3.8) is 0 Å². The second-order valence-electron chi connectivity index (χ2n) is 2.59. The first-order valence-corrected chi connectivity index (χ1v) is 3.65. The van der Waals surface area contributed by atoms with Gasteiger partial charge in [0.05, 0.1) is 0 Å². The van der Waals surface area contributed by atoms with Crippen LogP contribution in [0, 0.1) is 0 Å². The molecule has 13 heavy (non-hydrogen) atoms. The van der Waals surface area contributed by atoms with Crippen LogP contribution in [0.1, 0.15) is 6.92 Å². The van der Waals surface area contributed by atoms with Crippen molar-refractivity contribution in [2.24, 2.45) is 0 Å². The molecule has 0 aromatic heterocycles. The van der Waals surface area contributed by atoms with E-state index in [0.29, 0.717) is 5.57 Å². The third-order valence-electron chi connectivity index (χ3n) is 1.36. The molecule has 1 N–H and O–H groups in total. The topological polar surface area (TPSA) is 20.2 Å². The molecule has 70 valence electrons. The summed E-state index contributed by atoms with van der Waals surface area (Å²) in [5.74, 6) is -0.722. The monoisotopic (exact) mass is 184 g/mol. The molecule has 0 radical (unpaired) electrons. The van der Waals surface area contributed by atoms with Crippen molar-refractivity contribution >= 4 is 13.1 Å². The van der Waals surface area contributed by atoms with Crippen LogP contribution in [0.25, 0.3) is 0 Å². The van der Waals surface area contributed by atoms with E-state index in [4.69, 9.17) is 5.11 Å². The molecule has 0 aromatic rings. The van der Waals surface area contributed by atoms with Crippen LogP contribution >= 0.6 is 0 Å². The number of halogens is 2. The molecule has 0 unspecified atom stereocenters. The molecule has 0 aliphatic rings. The fourth-order valence-electron chi connectivity index (χ4n) is 0.498. The van der Waals surface area contributed by atoms with E-state index in [1.807, 2.05) is 0 Å². The summed E-state index contributed by atoms with van der Waals surface area (Å²) in [5.41, 5.74) is -0.227. The minimum atomic E-state index is -0.722. The Morgan fingerprint density at radius 2 is 2.08 bits per heavy atom. The Kier molecular flexibility index (Phi) is 4.96. The summed E-state index contributed by atoms with van der Waals surface area (Å²) in [5, 5.41) is 8.74. The van der Waals surface area contributed by atoms with Crippen LogP contribution in [0.2, 0.25) is 0 Å². The SMILES string of the molecule is B=C(O)C(=C)/C(F)=C\C=C(\C)CF. The van der Waals surface area contributed by atoms with Crippen LogP contribution in [0.5, 0.6) is 0 Å². The molecule has 0 aliphatic heterocycles. The first kappa shape index (κ1) is 11.8. The first-order chi connectivity index (χ1) is 5.99. The molecule has 0 spiro atoms. The molecular weight excluding hydrogens is 173 g/mol. The normalized spacial score (nSPS) is 12.8. The van der Waals surface area contributed by atoms with E-state index in [9.17, 15) is 8.78 Å². The molecule has 0 aliphatic carbocycles. The summed E-state index contributed by atoms with van der Waals surface area (Å²) < 4.78 is 24.8. The summed E-state index contributed by atoms with van der Waals surface area (Å²) in [6.45, 7) is 4.14. The Labute approximate surface area is 77.2 Å². The standard InChI is InChI=1S/C9H11BF2O/c1-6(5-11)3-4-8(12)7(2)9(10)13/h3-4,10,13H,2,5H2,1H3/b6-3-,8-4+. The van der Waals surface area contributed by atoms with E-state index in [1.165, 1.54) is 13.0 Å². The fourth-order valence-corrected chi connectivity index (χ4v) is 0.498. The van der Waals surface area contributed by atoms with Gasteiger partial charge >= 0.3 is 76.3 Å². The molecule has 0 amide bonds. The summed E-state index contributed by atoms with van der Waals surface area (Å²) in [6.07, 6.45) is 2.32. The average molecular weight is 184 g/mol. The number of hydrogen-bond donors (Lipinski definition) is 1. The van der Waals surface area contributed by atoms with Crippen LogP contribution in [0.4, 0.5) is 8.78 Å². The number of alkyl halides is 1. The van der Waals surface area contributed by atoms with Gasteiger partial charge in [0.1, 0.15) is 0 Å². The van der Waals surface area contributed by atoms with Gasteiger partial charge in [0.15, 0.2) is 0 Å². The molecule has 0 saturated carbocycles. The number of hydrogen-bond acceptors (Lipinski definition) is 1. The second-order valence-corrected chi connectivity index (χ2v) is 2.59. The Morgan fingerprint density at radius 1 is 1.54 bits per heavy atom. The molecule has 4 heteroatoms. The fraction of sp³-hybridized carbons (Fsp3) is 0.222. The number of aliphatic hydroxyl groups excluding tert-OH is 1. The van der Waals surface area contributed by atoms with E-state index >= 15 is 0 Å². The van der Waals surface area contributed by atoms with Gasteiger partial charge in [-0.25, -0.2) is 0 Å². The Hall–Kier alpha value is -1.19. The summed E-state index contributed by atoms with van der Waals surface area (Å²) in [6, 6.07) is 0. The minimum absolute atomic E-state index is 0.192. The van der Waals surface area contributed by atoms with Crippen molar-refractivity contribution in [2.75, 3.05) is 6.67 Å². The van der Waals surface area contributed by atoms with Crippen molar-refractivity contribution in [1.29, 1.82) is 0 Å². The van der Waals surface area contributed by atoms with E-state index in [1.54, 1.807) is 0 Å². The van der Waals surface area contributed by atoms with Crippen molar-refractivity contribution in [1.82, 2.24) is 0 Å². The maximum atomic E-state index is 12.9. The van der Waals surface area contributed by atoms with Crippen LogP contribution in [-0.4, -0.2) is 24.9 Å². The van der Waals surface area contributed by atoms with Gasteiger partial charge in [0.2, 0.25) is 0 Å². The first-order valence-electron chi connectivity index (χ1n) is 3.65.